The first-order chi connectivity index (χ1) is 12.4. The summed E-state index contributed by atoms with van der Waals surface area (Å²) in [5.41, 5.74) is 1.97. The smallest absolute Gasteiger partial charge is 0.326 e. The highest BCUT2D eigenvalue weighted by atomic mass is 35.5. The highest BCUT2D eigenvalue weighted by molar-refractivity contribution is 7.94. The van der Waals surface area contributed by atoms with E-state index in [-0.39, 0.29) is 19.0 Å². The van der Waals surface area contributed by atoms with Crippen molar-refractivity contribution in [1.82, 2.24) is 5.32 Å². The lowest BCUT2D eigenvalue weighted by molar-refractivity contribution is -0.116. The minimum absolute atomic E-state index is 0.148. The monoisotopic (exact) mass is 391 g/mol. The Hall–Kier alpha value is -2.51. The lowest BCUT2D eigenvalue weighted by atomic mass is 10.2. The van der Waals surface area contributed by atoms with Gasteiger partial charge in [0.25, 0.3) is 0 Å². The minimum Gasteiger partial charge on any atom is -0.351 e. The van der Waals surface area contributed by atoms with E-state index in [1.807, 2.05) is 12.1 Å². The average Bonchev–Trinajstić information content (AvgIpc) is 2.82. The molecule has 1 aliphatic rings. The SMILES string of the molecule is CN1c2ccccc2N(CCNC(=O)C=Cc2ccccc2Cl)S1(=O)=O. The van der Waals surface area contributed by atoms with E-state index in [1.165, 1.54) is 21.7 Å². The van der Waals surface area contributed by atoms with Gasteiger partial charge in [-0.15, -0.1) is 0 Å². The molecule has 0 spiro atoms. The zero-order valence-corrected chi connectivity index (χ0v) is 15.7. The van der Waals surface area contributed by atoms with E-state index < -0.39 is 10.2 Å². The fourth-order valence-electron chi connectivity index (χ4n) is 2.69. The highest BCUT2D eigenvalue weighted by Gasteiger charge is 2.37. The quantitative estimate of drug-likeness (QED) is 0.796. The van der Waals surface area contributed by atoms with Gasteiger partial charge < -0.3 is 5.32 Å². The molecule has 2 aromatic rings. The summed E-state index contributed by atoms with van der Waals surface area (Å²) >= 11 is 6.03. The molecule has 1 amide bonds. The zero-order chi connectivity index (χ0) is 18.7. The van der Waals surface area contributed by atoms with E-state index in [0.717, 1.165) is 5.56 Å². The Morgan fingerprint density at radius 3 is 2.50 bits per heavy atom. The Morgan fingerprint density at radius 2 is 1.77 bits per heavy atom. The van der Waals surface area contributed by atoms with Crippen molar-refractivity contribution in [2.24, 2.45) is 0 Å². The van der Waals surface area contributed by atoms with Gasteiger partial charge in [-0.05, 0) is 29.8 Å². The molecule has 0 unspecified atom stereocenters. The van der Waals surface area contributed by atoms with Crippen LogP contribution in [-0.4, -0.2) is 34.5 Å². The molecular weight excluding hydrogens is 374 g/mol. The third-order valence-corrected chi connectivity index (χ3v) is 6.22. The van der Waals surface area contributed by atoms with Gasteiger partial charge in [-0.25, -0.2) is 4.31 Å². The third kappa shape index (κ3) is 3.54. The van der Waals surface area contributed by atoms with E-state index in [9.17, 15) is 13.2 Å². The molecule has 0 bridgehead atoms. The molecule has 0 atom stereocenters. The molecule has 3 rings (SSSR count). The predicted molar refractivity (Wildman–Crippen MR) is 105 cm³/mol. The molecule has 0 saturated heterocycles. The molecule has 0 aromatic heterocycles. The van der Waals surface area contributed by atoms with Gasteiger partial charge in [0.15, 0.2) is 0 Å². The molecule has 1 heterocycles. The van der Waals surface area contributed by atoms with Crippen molar-refractivity contribution in [3.8, 4) is 0 Å². The number of nitrogens with one attached hydrogen (secondary N) is 1. The topological polar surface area (TPSA) is 69.7 Å². The van der Waals surface area contributed by atoms with Crippen LogP contribution < -0.4 is 13.9 Å². The van der Waals surface area contributed by atoms with Crippen LogP contribution in [0.2, 0.25) is 5.02 Å². The standard InChI is InChI=1S/C18H18ClN3O3S/c1-21-16-8-4-5-9-17(16)22(26(21,24)25)13-12-20-18(23)11-10-14-6-2-3-7-15(14)19/h2-11H,12-13H2,1H3,(H,20,23). The highest BCUT2D eigenvalue weighted by Crippen LogP contribution is 2.38. The van der Waals surface area contributed by atoms with E-state index in [2.05, 4.69) is 5.32 Å². The summed E-state index contributed by atoms with van der Waals surface area (Å²) in [5, 5.41) is 3.24. The first-order valence-electron chi connectivity index (χ1n) is 7.97. The number of fused-ring (bicyclic) bond motifs is 1. The number of hydrogen-bond donors (Lipinski definition) is 1. The second kappa shape index (κ2) is 7.39. The van der Waals surface area contributed by atoms with Gasteiger partial charge in [0.1, 0.15) is 0 Å². The molecule has 0 radical (unpaired) electrons. The maximum absolute atomic E-state index is 12.5. The Bertz CT molecular complexity index is 960. The Balaban J connectivity index is 1.61. The predicted octanol–water partition coefficient (Wildman–Crippen LogP) is 2.67. The number of para-hydroxylation sites is 2. The average molecular weight is 392 g/mol. The van der Waals surface area contributed by atoms with Crippen molar-refractivity contribution in [3.63, 3.8) is 0 Å². The van der Waals surface area contributed by atoms with E-state index >= 15 is 0 Å². The molecule has 6 nitrogen and oxygen atoms in total. The van der Waals surface area contributed by atoms with Gasteiger partial charge >= 0.3 is 10.2 Å². The Morgan fingerprint density at radius 1 is 1.12 bits per heavy atom. The van der Waals surface area contributed by atoms with Crippen LogP contribution in [0.4, 0.5) is 11.4 Å². The summed E-state index contributed by atoms with van der Waals surface area (Å²) < 4.78 is 27.5. The number of amides is 1. The molecular formula is C18H18ClN3O3S. The summed E-state index contributed by atoms with van der Waals surface area (Å²) in [6.07, 6.45) is 2.99. The van der Waals surface area contributed by atoms with Crippen molar-refractivity contribution >= 4 is 45.2 Å². The molecule has 136 valence electrons. The van der Waals surface area contributed by atoms with Crippen LogP contribution in [0.25, 0.3) is 6.08 Å². The summed E-state index contributed by atoms with van der Waals surface area (Å²) in [6, 6.07) is 14.2. The molecule has 1 aliphatic heterocycles. The summed E-state index contributed by atoms with van der Waals surface area (Å²) in [4.78, 5) is 12.0. The Labute approximate surface area is 157 Å². The summed E-state index contributed by atoms with van der Waals surface area (Å²) in [5.74, 6) is -0.317. The van der Waals surface area contributed by atoms with Crippen LogP contribution in [0, 0.1) is 0 Å². The van der Waals surface area contributed by atoms with Crippen LogP contribution in [0.15, 0.2) is 54.6 Å². The van der Waals surface area contributed by atoms with Crippen molar-refractivity contribution < 1.29 is 13.2 Å². The van der Waals surface area contributed by atoms with Crippen molar-refractivity contribution in [1.29, 1.82) is 0 Å². The lowest BCUT2D eigenvalue weighted by Gasteiger charge is -2.19. The summed E-state index contributed by atoms with van der Waals surface area (Å²) in [7, 11) is -2.09. The van der Waals surface area contributed by atoms with Gasteiger partial charge in [-0.1, -0.05) is 41.9 Å². The molecule has 0 fully saturated rings. The van der Waals surface area contributed by atoms with Gasteiger partial charge in [0.2, 0.25) is 5.91 Å². The maximum Gasteiger partial charge on any atom is 0.326 e. The number of halogens is 1. The fraction of sp³-hybridized carbons (Fsp3) is 0.167. The van der Waals surface area contributed by atoms with Crippen molar-refractivity contribution in [3.05, 3.63) is 65.2 Å². The molecule has 0 aliphatic carbocycles. The minimum atomic E-state index is -3.60. The number of anilines is 2. The first kappa shape index (κ1) is 18.3. The van der Waals surface area contributed by atoms with Crippen molar-refractivity contribution in [2.75, 3.05) is 28.7 Å². The zero-order valence-electron chi connectivity index (χ0n) is 14.1. The van der Waals surface area contributed by atoms with E-state index in [0.29, 0.717) is 16.4 Å². The largest absolute Gasteiger partial charge is 0.351 e. The number of hydrogen-bond acceptors (Lipinski definition) is 3. The second-order valence-corrected chi connectivity index (χ2v) is 7.97. The van der Waals surface area contributed by atoms with Crippen molar-refractivity contribution in [2.45, 2.75) is 0 Å². The number of nitrogens with zero attached hydrogens (tertiary/aromatic N) is 2. The van der Waals surface area contributed by atoms with Gasteiger partial charge in [0.05, 0.1) is 17.9 Å². The molecule has 8 heteroatoms. The molecule has 26 heavy (non-hydrogen) atoms. The maximum atomic E-state index is 12.5. The van der Waals surface area contributed by atoms with Crippen LogP contribution >= 0.6 is 11.6 Å². The third-order valence-electron chi connectivity index (χ3n) is 4.05. The first-order valence-corrected chi connectivity index (χ1v) is 9.75. The van der Waals surface area contributed by atoms with Crippen LogP contribution in [0.3, 0.4) is 0 Å². The normalized spacial score (nSPS) is 15.3. The summed E-state index contributed by atoms with van der Waals surface area (Å²) in [6.45, 7) is 0.336. The number of rotatable bonds is 5. The number of carbonyl (C=O) groups is 1. The van der Waals surface area contributed by atoms with Crippen LogP contribution in [0.1, 0.15) is 5.56 Å². The molecule has 1 N–H and O–H groups in total. The fourth-order valence-corrected chi connectivity index (χ4v) is 4.31. The Kier molecular flexibility index (Phi) is 5.20. The number of benzene rings is 2. The lowest BCUT2D eigenvalue weighted by Crippen LogP contribution is -2.40. The van der Waals surface area contributed by atoms with E-state index in [4.69, 9.17) is 11.6 Å². The molecule has 2 aromatic carbocycles. The number of carbonyl (C=O) groups excluding carboxylic acids is 1. The van der Waals surface area contributed by atoms with Gasteiger partial charge in [0, 0.05) is 24.7 Å². The van der Waals surface area contributed by atoms with E-state index in [1.54, 1.807) is 42.5 Å². The van der Waals surface area contributed by atoms with Crippen LogP contribution in [-0.2, 0) is 15.0 Å². The van der Waals surface area contributed by atoms with Gasteiger partial charge in [-0.2, -0.15) is 8.42 Å². The second-order valence-electron chi connectivity index (χ2n) is 5.68. The molecule has 0 saturated carbocycles. The van der Waals surface area contributed by atoms with Gasteiger partial charge in [-0.3, -0.25) is 9.10 Å². The van der Waals surface area contributed by atoms with Crippen LogP contribution in [0.5, 0.6) is 0 Å².